The number of amides is 1. The highest BCUT2D eigenvalue weighted by Crippen LogP contribution is 2.27. The fraction of sp³-hybridized carbons (Fsp3) is 0.0833. The van der Waals surface area contributed by atoms with Gasteiger partial charge in [-0.25, -0.2) is 13.1 Å². The zero-order chi connectivity index (χ0) is 23.4. The number of sulfonamides is 1. The van der Waals surface area contributed by atoms with E-state index in [0.717, 1.165) is 11.3 Å². The molecule has 168 valence electrons. The molecule has 8 nitrogen and oxygen atoms in total. The highest BCUT2D eigenvalue weighted by atomic mass is 32.2. The average molecular weight is 463 g/mol. The average Bonchev–Trinajstić information content (AvgIpc) is 3.29. The van der Waals surface area contributed by atoms with Gasteiger partial charge in [0.15, 0.2) is 5.82 Å². The summed E-state index contributed by atoms with van der Waals surface area (Å²) in [6.45, 7) is 1.91. The number of benzene rings is 3. The summed E-state index contributed by atoms with van der Waals surface area (Å²) in [7, 11) is -2.63. The van der Waals surface area contributed by atoms with Crippen molar-refractivity contribution in [1.82, 2.24) is 9.78 Å². The second-order valence-electron chi connectivity index (χ2n) is 7.27. The Kier molecular flexibility index (Phi) is 6.14. The van der Waals surface area contributed by atoms with Crippen molar-refractivity contribution in [3.8, 4) is 11.4 Å². The lowest BCUT2D eigenvalue weighted by atomic mass is 10.2. The molecule has 0 unspecified atom stereocenters. The van der Waals surface area contributed by atoms with E-state index in [1.807, 2.05) is 37.3 Å². The number of methoxy groups -OCH3 is 1. The number of hydrogen-bond donors (Lipinski definition) is 2. The molecule has 0 bridgehead atoms. The highest BCUT2D eigenvalue weighted by Gasteiger charge is 2.22. The standard InChI is InChI=1S/C24H22N4O4S/c1-17-8-11-19(12-9-17)27-33(30,31)22-16-18(10-13-21(22)32-2)24(29)25-23-14-15-28(26-23)20-6-4-3-5-7-20/h3-16,27H,1-2H3,(H,25,26,29). The number of aryl methyl sites for hydroxylation is 1. The summed E-state index contributed by atoms with van der Waals surface area (Å²) in [5, 5.41) is 7.04. The molecule has 0 aliphatic carbocycles. The largest absolute Gasteiger partial charge is 0.495 e. The third-order valence-electron chi connectivity index (χ3n) is 4.87. The first-order valence-electron chi connectivity index (χ1n) is 10.1. The fourth-order valence-electron chi connectivity index (χ4n) is 3.16. The van der Waals surface area contributed by atoms with Gasteiger partial charge in [-0.2, -0.15) is 5.10 Å². The van der Waals surface area contributed by atoms with E-state index >= 15 is 0 Å². The van der Waals surface area contributed by atoms with Gasteiger partial charge in [-0.3, -0.25) is 9.52 Å². The smallest absolute Gasteiger partial charge is 0.265 e. The topological polar surface area (TPSA) is 102 Å². The number of para-hydroxylation sites is 1. The summed E-state index contributed by atoms with van der Waals surface area (Å²) < 4.78 is 35.4. The number of rotatable bonds is 7. The quantitative estimate of drug-likeness (QED) is 0.428. The molecular weight excluding hydrogens is 440 g/mol. The molecule has 0 saturated carbocycles. The maximum Gasteiger partial charge on any atom is 0.265 e. The second-order valence-corrected chi connectivity index (χ2v) is 8.92. The Bertz CT molecular complexity index is 1380. The van der Waals surface area contributed by atoms with Crippen LogP contribution in [-0.4, -0.2) is 31.2 Å². The number of nitrogens with zero attached hydrogens (tertiary/aromatic N) is 2. The van der Waals surface area contributed by atoms with Crippen LogP contribution in [0.15, 0.2) is 90.0 Å². The van der Waals surface area contributed by atoms with E-state index in [-0.39, 0.29) is 16.2 Å². The Balaban J connectivity index is 1.57. The summed E-state index contributed by atoms with van der Waals surface area (Å²) in [6, 6.07) is 22.3. The summed E-state index contributed by atoms with van der Waals surface area (Å²) in [6.07, 6.45) is 1.72. The number of hydrogen-bond acceptors (Lipinski definition) is 5. The molecule has 0 spiro atoms. The van der Waals surface area contributed by atoms with Crippen molar-refractivity contribution in [2.45, 2.75) is 11.8 Å². The molecule has 2 N–H and O–H groups in total. The van der Waals surface area contributed by atoms with Crippen molar-refractivity contribution in [2.75, 3.05) is 17.1 Å². The number of anilines is 2. The minimum atomic E-state index is -4.00. The Morgan fingerprint density at radius 3 is 2.39 bits per heavy atom. The summed E-state index contributed by atoms with van der Waals surface area (Å²) in [5.41, 5.74) is 2.40. The first-order chi connectivity index (χ1) is 15.9. The molecule has 1 aromatic heterocycles. The normalized spacial score (nSPS) is 11.1. The van der Waals surface area contributed by atoms with Gasteiger partial charge in [-0.05, 0) is 49.4 Å². The van der Waals surface area contributed by atoms with Crippen molar-refractivity contribution in [3.05, 3.63) is 96.2 Å². The molecule has 1 amide bonds. The van der Waals surface area contributed by atoms with Crippen LogP contribution in [0.5, 0.6) is 5.75 Å². The number of ether oxygens (including phenoxy) is 1. The molecule has 4 rings (SSSR count). The van der Waals surface area contributed by atoms with Gasteiger partial charge in [-0.15, -0.1) is 0 Å². The Labute approximate surface area is 191 Å². The zero-order valence-corrected chi connectivity index (χ0v) is 18.8. The monoisotopic (exact) mass is 462 g/mol. The molecule has 4 aromatic rings. The highest BCUT2D eigenvalue weighted by molar-refractivity contribution is 7.92. The molecule has 33 heavy (non-hydrogen) atoms. The molecule has 0 aliphatic rings. The third-order valence-corrected chi connectivity index (χ3v) is 6.27. The first kappa shape index (κ1) is 22.1. The lowest BCUT2D eigenvalue weighted by Gasteiger charge is -2.13. The van der Waals surface area contributed by atoms with Gasteiger partial charge < -0.3 is 10.1 Å². The number of nitrogens with one attached hydrogen (secondary N) is 2. The second kappa shape index (κ2) is 9.17. The molecular formula is C24H22N4O4S. The van der Waals surface area contributed by atoms with Crippen molar-refractivity contribution in [1.29, 1.82) is 0 Å². The van der Waals surface area contributed by atoms with E-state index in [1.54, 1.807) is 41.2 Å². The van der Waals surface area contributed by atoms with E-state index in [0.29, 0.717) is 11.5 Å². The van der Waals surface area contributed by atoms with Gasteiger partial charge in [0.1, 0.15) is 10.6 Å². The third kappa shape index (κ3) is 5.04. The Morgan fingerprint density at radius 1 is 0.970 bits per heavy atom. The molecule has 0 radical (unpaired) electrons. The lowest BCUT2D eigenvalue weighted by Crippen LogP contribution is -2.17. The summed E-state index contributed by atoms with van der Waals surface area (Å²) in [5.74, 6) is -0.0378. The van der Waals surface area contributed by atoms with Crippen LogP contribution in [0, 0.1) is 6.92 Å². The molecule has 0 atom stereocenters. The number of carbonyl (C=O) groups is 1. The van der Waals surface area contributed by atoms with Crippen molar-refractivity contribution < 1.29 is 17.9 Å². The van der Waals surface area contributed by atoms with Crippen molar-refractivity contribution in [2.24, 2.45) is 0 Å². The minimum Gasteiger partial charge on any atom is -0.495 e. The SMILES string of the molecule is COc1ccc(C(=O)Nc2ccn(-c3ccccc3)n2)cc1S(=O)(=O)Nc1ccc(C)cc1. The Morgan fingerprint density at radius 2 is 1.70 bits per heavy atom. The Hall–Kier alpha value is -4.11. The van der Waals surface area contributed by atoms with Crippen LogP contribution in [0.4, 0.5) is 11.5 Å². The van der Waals surface area contributed by atoms with E-state index in [1.165, 1.54) is 25.3 Å². The fourth-order valence-corrected chi connectivity index (χ4v) is 4.42. The van der Waals surface area contributed by atoms with Crippen LogP contribution in [-0.2, 0) is 10.0 Å². The van der Waals surface area contributed by atoms with Gasteiger partial charge in [0.05, 0.1) is 12.8 Å². The summed E-state index contributed by atoms with van der Waals surface area (Å²) in [4.78, 5) is 12.7. The minimum absolute atomic E-state index is 0.125. The molecule has 1 heterocycles. The van der Waals surface area contributed by atoms with Crippen LogP contribution < -0.4 is 14.8 Å². The molecule has 9 heteroatoms. The molecule has 3 aromatic carbocycles. The maximum atomic E-state index is 13.0. The van der Waals surface area contributed by atoms with E-state index in [4.69, 9.17) is 4.74 Å². The van der Waals surface area contributed by atoms with E-state index < -0.39 is 15.9 Å². The van der Waals surface area contributed by atoms with Gasteiger partial charge >= 0.3 is 0 Å². The van der Waals surface area contributed by atoms with Gasteiger partial charge in [0.25, 0.3) is 15.9 Å². The van der Waals surface area contributed by atoms with Crippen molar-refractivity contribution in [3.63, 3.8) is 0 Å². The zero-order valence-electron chi connectivity index (χ0n) is 18.0. The number of carbonyl (C=O) groups excluding carboxylic acids is 1. The van der Waals surface area contributed by atoms with Crippen LogP contribution in [0.1, 0.15) is 15.9 Å². The predicted molar refractivity (Wildman–Crippen MR) is 126 cm³/mol. The van der Waals surface area contributed by atoms with Crippen LogP contribution in [0.2, 0.25) is 0 Å². The van der Waals surface area contributed by atoms with Crippen LogP contribution in [0.3, 0.4) is 0 Å². The molecule has 0 saturated heterocycles. The number of aromatic nitrogens is 2. The first-order valence-corrected chi connectivity index (χ1v) is 11.5. The van der Waals surface area contributed by atoms with E-state index in [2.05, 4.69) is 15.1 Å². The predicted octanol–water partition coefficient (Wildman–Crippen LogP) is 4.24. The van der Waals surface area contributed by atoms with E-state index in [9.17, 15) is 13.2 Å². The molecule has 0 aliphatic heterocycles. The van der Waals surface area contributed by atoms with Gasteiger partial charge in [0.2, 0.25) is 0 Å². The molecule has 0 fully saturated rings. The van der Waals surface area contributed by atoms with Gasteiger partial charge in [-0.1, -0.05) is 35.9 Å². The van der Waals surface area contributed by atoms with Crippen LogP contribution in [0.25, 0.3) is 5.69 Å². The van der Waals surface area contributed by atoms with Gasteiger partial charge in [0, 0.05) is 23.5 Å². The van der Waals surface area contributed by atoms with Crippen molar-refractivity contribution >= 4 is 27.4 Å². The maximum absolute atomic E-state index is 13.0. The lowest BCUT2D eigenvalue weighted by molar-refractivity contribution is 0.102. The van der Waals surface area contributed by atoms with Crippen LogP contribution >= 0.6 is 0 Å². The summed E-state index contributed by atoms with van der Waals surface area (Å²) >= 11 is 0.